The molecule has 0 bridgehead atoms. The third-order valence-electron chi connectivity index (χ3n) is 2.65. The van der Waals surface area contributed by atoms with Crippen molar-refractivity contribution in [2.75, 3.05) is 0 Å². The van der Waals surface area contributed by atoms with Crippen LogP contribution in [-0.2, 0) is 6.42 Å². The summed E-state index contributed by atoms with van der Waals surface area (Å²) in [5.74, 6) is 0.940. The topological polar surface area (TPSA) is 76.4 Å². The fourth-order valence-corrected chi connectivity index (χ4v) is 2.02. The molecule has 18 heavy (non-hydrogen) atoms. The molecule has 0 amide bonds. The minimum atomic E-state index is -0.00658. The van der Waals surface area contributed by atoms with Gasteiger partial charge >= 0.3 is 0 Å². The number of nitrogens with zero attached hydrogens (tertiary/aromatic N) is 3. The molecule has 3 N–H and O–H groups in total. The average molecular weight is 265 g/mol. The van der Waals surface area contributed by atoms with E-state index in [1.165, 1.54) is 0 Å². The molecule has 1 heterocycles. The first-order valence-electron chi connectivity index (χ1n) is 5.47. The van der Waals surface area contributed by atoms with Crippen molar-refractivity contribution in [1.29, 1.82) is 0 Å². The van der Waals surface area contributed by atoms with Crippen LogP contribution in [-0.4, -0.2) is 20.6 Å². The minimum absolute atomic E-state index is 0.00658. The van der Waals surface area contributed by atoms with E-state index in [1.807, 2.05) is 23.8 Å². The van der Waals surface area contributed by atoms with E-state index in [2.05, 4.69) is 10.1 Å². The van der Waals surface area contributed by atoms with E-state index in [0.29, 0.717) is 10.6 Å². The molecule has 2 rings (SSSR count). The lowest BCUT2D eigenvalue weighted by atomic mass is 10.2. The highest BCUT2D eigenvalue weighted by Crippen LogP contribution is 2.21. The molecule has 0 saturated heterocycles. The summed E-state index contributed by atoms with van der Waals surface area (Å²) in [5, 5.41) is 12.0. The van der Waals surface area contributed by atoms with Crippen molar-refractivity contribution >= 4 is 17.4 Å². The predicted octanol–water partition coefficient (Wildman–Crippen LogP) is 2.18. The molecule has 1 aromatic heterocycles. The number of aryl methyl sites for hydroxylation is 1. The normalized spacial score (nSPS) is 11.8. The molecule has 6 heteroatoms. The Labute approximate surface area is 110 Å². The van der Waals surface area contributed by atoms with Gasteiger partial charge in [-0.1, -0.05) is 23.7 Å². The number of oxime groups is 1. The number of aromatic nitrogens is 2. The fraction of sp³-hybridized carbons (Fsp3) is 0.167. The second-order valence-electron chi connectivity index (χ2n) is 3.72. The van der Waals surface area contributed by atoms with Crippen LogP contribution in [0.4, 0.5) is 0 Å². The maximum atomic E-state index is 8.64. The smallest absolute Gasteiger partial charge is 0.171 e. The van der Waals surface area contributed by atoms with E-state index in [1.54, 1.807) is 18.3 Å². The molecule has 0 radical (unpaired) electrons. The number of imidazole rings is 1. The number of amidine groups is 1. The highest BCUT2D eigenvalue weighted by molar-refractivity contribution is 6.34. The molecular formula is C12H13ClN4O. The molecule has 5 nitrogen and oxygen atoms in total. The molecule has 0 atom stereocenters. The Balaban J connectivity index is 2.47. The van der Waals surface area contributed by atoms with Crippen molar-refractivity contribution in [1.82, 2.24) is 9.55 Å². The molecule has 0 saturated carbocycles. The Morgan fingerprint density at radius 3 is 2.94 bits per heavy atom. The molecule has 0 aliphatic carbocycles. The van der Waals surface area contributed by atoms with Gasteiger partial charge in [0.25, 0.3) is 0 Å². The van der Waals surface area contributed by atoms with Crippen LogP contribution in [0.15, 0.2) is 35.7 Å². The van der Waals surface area contributed by atoms with Gasteiger partial charge < -0.3 is 15.5 Å². The van der Waals surface area contributed by atoms with E-state index in [4.69, 9.17) is 22.5 Å². The molecule has 0 spiro atoms. The van der Waals surface area contributed by atoms with Crippen molar-refractivity contribution in [2.45, 2.75) is 13.3 Å². The number of benzene rings is 1. The zero-order valence-corrected chi connectivity index (χ0v) is 10.6. The second kappa shape index (κ2) is 5.10. The number of hydrogen-bond acceptors (Lipinski definition) is 3. The Hall–Kier alpha value is -2.01. The Morgan fingerprint density at radius 2 is 2.33 bits per heavy atom. The summed E-state index contributed by atoms with van der Waals surface area (Å²) in [6.45, 7) is 2.03. The summed E-state index contributed by atoms with van der Waals surface area (Å²) in [7, 11) is 0. The van der Waals surface area contributed by atoms with Gasteiger partial charge in [0.05, 0.1) is 5.02 Å². The van der Waals surface area contributed by atoms with Crippen molar-refractivity contribution in [3.63, 3.8) is 0 Å². The SMILES string of the molecule is CCc1nccn1-c1ccc(C(N)=NO)c(Cl)c1. The van der Waals surface area contributed by atoms with E-state index in [-0.39, 0.29) is 5.84 Å². The maximum Gasteiger partial charge on any atom is 0.171 e. The second-order valence-corrected chi connectivity index (χ2v) is 4.12. The zero-order valence-electron chi connectivity index (χ0n) is 9.84. The summed E-state index contributed by atoms with van der Waals surface area (Å²) < 4.78 is 1.95. The molecule has 0 unspecified atom stereocenters. The first kappa shape index (κ1) is 12.4. The van der Waals surface area contributed by atoms with E-state index in [0.717, 1.165) is 17.9 Å². The third-order valence-corrected chi connectivity index (χ3v) is 2.96. The maximum absolute atomic E-state index is 8.64. The largest absolute Gasteiger partial charge is 0.409 e. The van der Waals surface area contributed by atoms with Gasteiger partial charge in [-0.3, -0.25) is 0 Å². The van der Waals surface area contributed by atoms with Gasteiger partial charge in [-0.25, -0.2) is 4.98 Å². The summed E-state index contributed by atoms with van der Waals surface area (Å²) in [4.78, 5) is 4.25. The van der Waals surface area contributed by atoms with Crippen LogP contribution in [0.25, 0.3) is 5.69 Å². The van der Waals surface area contributed by atoms with Crippen molar-refractivity contribution in [2.24, 2.45) is 10.9 Å². The van der Waals surface area contributed by atoms with E-state index in [9.17, 15) is 0 Å². The first-order chi connectivity index (χ1) is 8.67. The van der Waals surface area contributed by atoms with Crippen LogP contribution in [0.5, 0.6) is 0 Å². The van der Waals surface area contributed by atoms with E-state index < -0.39 is 0 Å². The van der Waals surface area contributed by atoms with Gasteiger partial charge in [-0.2, -0.15) is 0 Å². The molecular weight excluding hydrogens is 252 g/mol. The number of halogens is 1. The summed E-state index contributed by atoms with van der Waals surface area (Å²) in [5.41, 5.74) is 6.91. The Morgan fingerprint density at radius 1 is 1.56 bits per heavy atom. The monoisotopic (exact) mass is 264 g/mol. The fourth-order valence-electron chi connectivity index (χ4n) is 1.75. The van der Waals surface area contributed by atoms with Crippen molar-refractivity contribution in [3.8, 4) is 5.69 Å². The highest BCUT2D eigenvalue weighted by atomic mass is 35.5. The third kappa shape index (κ3) is 2.17. The summed E-state index contributed by atoms with van der Waals surface area (Å²) >= 11 is 6.11. The standard InChI is InChI=1S/C12H13ClN4O/c1-2-11-15-5-6-17(11)8-3-4-9(10(13)7-8)12(14)16-18/h3-7,18H,2H2,1H3,(H2,14,16). The summed E-state index contributed by atoms with van der Waals surface area (Å²) in [6, 6.07) is 5.32. The Kier molecular flexibility index (Phi) is 3.53. The van der Waals surface area contributed by atoms with Crippen LogP contribution in [0.3, 0.4) is 0 Å². The Bertz CT molecular complexity index is 592. The van der Waals surface area contributed by atoms with Crippen LogP contribution >= 0.6 is 11.6 Å². The van der Waals surface area contributed by atoms with Crippen LogP contribution in [0.2, 0.25) is 5.02 Å². The van der Waals surface area contributed by atoms with Gasteiger partial charge in [0, 0.05) is 30.1 Å². The van der Waals surface area contributed by atoms with Crippen LogP contribution in [0.1, 0.15) is 18.3 Å². The molecule has 94 valence electrons. The lowest BCUT2D eigenvalue weighted by molar-refractivity contribution is 0.318. The van der Waals surface area contributed by atoms with Crippen LogP contribution in [0, 0.1) is 0 Å². The average Bonchev–Trinajstić information content (AvgIpc) is 2.86. The molecule has 0 aliphatic heterocycles. The lowest BCUT2D eigenvalue weighted by Crippen LogP contribution is -2.13. The van der Waals surface area contributed by atoms with Gasteiger partial charge in [0.15, 0.2) is 5.84 Å². The number of hydrogen-bond donors (Lipinski definition) is 2. The molecule has 2 aromatic rings. The van der Waals surface area contributed by atoms with Gasteiger partial charge in [-0.15, -0.1) is 0 Å². The van der Waals surface area contributed by atoms with Gasteiger partial charge in [0.1, 0.15) is 5.82 Å². The van der Waals surface area contributed by atoms with Gasteiger partial charge in [-0.05, 0) is 18.2 Å². The zero-order chi connectivity index (χ0) is 13.1. The number of nitrogens with two attached hydrogens (primary N) is 1. The molecule has 0 fully saturated rings. The van der Waals surface area contributed by atoms with E-state index >= 15 is 0 Å². The first-order valence-corrected chi connectivity index (χ1v) is 5.85. The van der Waals surface area contributed by atoms with Crippen molar-refractivity contribution in [3.05, 3.63) is 47.0 Å². The van der Waals surface area contributed by atoms with Crippen molar-refractivity contribution < 1.29 is 5.21 Å². The highest BCUT2D eigenvalue weighted by Gasteiger charge is 2.09. The quantitative estimate of drug-likeness (QED) is 0.386. The van der Waals surface area contributed by atoms with Gasteiger partial charge in [0.2, 0.25) is 0 Å². The summed E-state index contributed by atoms with van der Waals surface area (Å²) in [6.07, 6.45) is 4.43. The molecule has 0 aliphatic rings. The lowest BCUT2D eigenvalue weighted by Gasteiger charge is -2.09. The minimum Gasteiger partial charge on any atom is -0.409 e. The predicted molar refractivity (Wildman–Crippen MR) is 70.5 cm³/mol. The number of rotatable bonds is 3. The van der Waals surface area contributed by atoms with Crippen LogP contribution < -0.4 is 5.73 Å². The molecule has 1 aromatic carbocycles.